The molecule has 1 aliphatic heterocycles. The van der Waals surface area contributed by atoms with Gasteiger partial charge in [0, 0.05) is 0 Å². The molecule has 3 nitrogen and oxygen atoms in total. The molecule has 1 unspecified atom stereocenters. The van der Waals surface area contributed by atoms with Crippen molar-refractivity contribution in [2.75, 3.05) is 18.1 Å². The van der Waals surface area contributed by atoms with Crippen molar-refractivity contribution in [2.24, 2.45) is 5.41 Å². The molecule has 1 saturated carbocycles. The van der Waals surface area contributed by atoms with E-state index in [1.54, 1.807) is 0 Å². The second-order valence-electron chi connectivity index (χ2n) is 6.82. The predicted molar refractivity (Wildman–Crippen MR) is 82.3 cm³/mol. The number of hydrogen-bond acceptors (Lipinski definition) is 3. The summed E-state index contributed by atoms with van der Waals surface area (Å²) >= 11 is 0. The van der Waals surface area contributed by atoms with Crippen molar-refractivity contribution in [3.63, 3.8) is 0 Å². The van der Waals surface area contributed by atoms with Crippen molar-refractivity contribution in [3.05, 3.63) is 11.8 Å². The number of rotatable bonds is 4. The number of ether oxygens (including phenoxy) is 1. The van der Waals surface area contributed by atoms with E-state index in [4.69, 9.17) is 4.74 Å². The van der Waals surface area contributed by atoms with Gasteiger partial charge < -0.3 is 4.74 Å². The van der Waals surface area contributed by atoms with Gasteiger partial charge in [0.2, 0.25) is 0 Å². The highest BCUT2D eigenvalue weighted by molar-refractivity contribution is 7.91. The molecule has 0 aromatic heterocycles. The van der Waals surface area contributed by atoms with Gasteiger partial charge >= 0.3 is 0 Å². The molecular formula is C16H28O3S. The van der Waals surface area contributed by atoms with Crippen LogP contribution in [0.15, 0.2) is 11.8 Å². The molecular weight excluding hydrogens is 272 g/mol. The smallest absolute Gasteiger partial charge is 0.150 e. The largest absolute Gasteiger partial charge is 0.501 e. The quantitative estimate of drug-likeness (QED) is 0.585. The van der Waals surface area contributed by atoms with Crippen molar-refractivity contribution in [1.82, 2.24) is 0 Å². The van der Waals surface area contributed by atoms with E-state index >= 15 is 0 Å². The van der Waals surface area contributed by atoms with Crippen LogP contribution in [-0.4, -0.2) is 26.5 Å². The van der Waals surface area contributed by atoms with Crippen molar-refractivity contribution >= 4 is 9.84 Å². The van der Waals surface area contributed by atoms with E-state index in [1.807, 2.05) is 6.26 Å². The number of allylic oxidation sites excluding steroid dienone is 1. The van der Waals surface area contributed by atoms with Crippen LogP contribution in [0, 0.1) is 5.41 Å². The maximum absolute atomic E-state index is 12.0. The zero-order chi connectivity index (χ0) is 14.5. The van der Waals surface area contributed by atoms with E-state index in [-0.39, 0.29) is 5.41 Å². The molecule has 1 heterocycles. The standard InChI is InChI=1S/C16H28O3S/c1-16(9-5-2-6-12-20(17,18)14-16)10-11-19-13-15-7-3-4-8-15/h13H,2-12,14H2,1H3. The average Bonchev–Trinajstić information content (AvgIpc) is 2.85. The van der Waals surface area contributed by atoms with Crippen molar-refractivity contribution in [2.45, 2.75) is 64.7 Å². The van der Waals surface area contributed by atoms with Crippen LogP contribution >= 0.6 is 0 Å². The normalized spacial score (nSPS) is 30.6. The molecule has 20 heavy (non-hydrogen) atoms. The predicted octanol–water partition coefficient (Wildman–Crippen LogP) is 3.85. The molecule has 2 aliphatic rings. The highest BCUT2D eigenvalue weighted by Crippen LogP contribution is 2.33. The highest BCUT2D eigenvalue weighted by Gasteiger charge is 2.31. The Hall–Kier alpha value is -0.510. The Balaban J connectivity index is 1.83. The van der Waals surface area contributed by atoms with Crippen LogP contribution in [0.1, 0.15) is 64.7 Å². The Kier molecular flexibility index (Phi) is 5.53. The van der Waals surface area contributed by atoms with Gasteiger partial charge in [-0.1, -0.05) is 19.8 Å². The molecule has 1 aliphatic carbocycles. The van der Waals surface area contributed by atoms with Crippen LogP contribution in [0.2, 0.25) is 0 Å². The fourth-order valence-corrected chi connectivity index (χ4v) is 5.49. The highest BCUT2D eigenvalue weighted by atomic mass is 32.2. The van der Waals surface area contributed by atoms with Crippen LogP contribution in [-0.2, 0) is 14.6 Å². The minimum atomic E-state index is -2.87. The lowest BCUT2D eigenvalue weighted by molar-refractivity contribution is 0.176. The summed E-state index contributed by atoms with van der Waals surface area (Å²) < 4.78 is 29.7. The molecule has 1 saturated heterocycles. The van der Waals surface area contributed by atoms with E-state index in [1.165, 1.54) is 31.3 Å². The van der Waals surface area contributed by atoms with Gasteiger partial charge in [-0.15, -0.1) is 0 Å². The zero-order valence-corrected chi connectivity index (χ0v) is 13.5. The summed E-state index contributed by atoms with van der Waals surface area (Å²) in [5, 5.41) is 0. The van der Waals surface area contributed by atoms with E-state index < -0.39 is 9.84 Å². The zero-order valence-electron chi connectivity index (χ0n) is 12.7. The summed E-state index contributed by atoms with van der Waals surface area (Å²) in [4.78, 5) is 0. The van der Waals surface area contributed by atoms with Crippen LogP contribution in [0.25, 0.3) is 0 Å². The van der Waals surface area contributed by atoms with Crippen LogP contribution in [0.4, 0.5) is 0 Å². The fraction of sp³-hybridized carbons (Fsp3) is 0.875. The minimum Gasteiger partial charge on any atom is -0.501 e. The van der Waals surface area contributed by atoms with Gasteiger partial charge in [-0.05, 0) is 55.9 Å². The van der Waals surface area contributed by atoms with Crippen molar-refractivity contribution < 1.29 is 13.2 Å². The first-order valence-electron chi connectivity index (χ1n) is 7.99. The minimum absolute atomic E-state index is 0.104. The Bertz CT molecular complexity index is 431. The molecule has 0 radical (unpaired) electrons. The van der Waals surface area contributed by atoms with E-state index in [0.717, 1.165) is 32.1 Å². The van der Waals surface area contributed by atoms with E-state index in [2.05, 4.69) is 6.92 Å². The summed E-state index contributed by atoms with van der Waals surface area (Å²) in [7, 11) is -2.87. The van der Waals surface area contributed by atoms with Crippen LogP contribution in [0.5, 0.6) is 0 Å². The van der Waals surface area contributed by atoms with Gasteiger partial charge in [0.1, 0.15) is 0 Å². The molecule has 2 rings (SSSR count). The molecule has 0 amide bonds. The summed E-state index contributed by atoms with van der Waals surface area (Å²) in [6, 6.07) is 0. The van der Waals surface area contributed by atoms with Gasteiger partial charge in [0.15, 0.2) is 9.84 Å². The first kappa shape index (κ1) is 15.9. The maximum atomic E-state index is 12.0. The third-order valence-electron chi connectivity index (χ3n) is 4.62. The monoisotopic (exact) mass is 300 g/mol. The molecule has 0 aromatic carbocycles. The van der Waals surface area contributed by atoms with E-state index in [9.17, 15) is 8.42 Å². The first-order valence-corrected chi connectivity index (χ1v) is 9.81. The Labute approximate surface area is 123 Å². The fourth-order valence-electron chi connectivity index (χ4n) is 3.35. The maximum Gasteiger partial charge on any atom is 0.150 e. The molecule has 2 fully saturated rings. The van der Waals surface area contributed by atoms with Crippen LogP contribution < -0.4 is 0 Å². The summed E-state index contributed by atoms with van der Waals surface area (Å²) in [6.45, 7) is 2.76. The average molecular weight is 300 g/mol. The lowest BCUT2D eigenvalue weighted by atomic mass is 9.83. The van der Waals surface area contributed by atoms with Gasteiger partial charge in [-0.2, -0.15) is 0 Å². The first-order chi connectivity index (χ1) is 9.49. The lowest BCUT2D eigenvalue weighted by Gasteiger charge is -2.31. The topological polar surface area (TPSA) is 43.4 Å². The third-order valence-corrected chi connectivity index (χ3v) is 6.67. The van der Waals surface area contributed by atoms with Gasteiger partial charge in [0.05, 0.1) is 24.4 Å². The molecule has 0 N–H and O–H groups in total. The molecule has 4 heteroatoms. The Morgan fingerprint density at radius 1 is 1.15 bits per heavy atom. The third kappa shape index (κ3) is 5.12. The van der Waals surface area contributed by atoms with Crippen molar-refractivity contribution in [3.8, 4) is 0 Å². The number of hydrogen-bond donors (Lipinski definition) is 0. The summed E-state index contributed by atoms with van der Waals surface area (Å²) in [5.41, 5.74) is 1.31. The summed E-state index contributed by atoms with van der Waals surface area (Å²) in [5.74, 6) is 0.702. The molecule has 0 bridgehead atoms. The molecule has 116 valence electrons. The molecule has 0 spiro atoms. The summed E-state index contributed by atoms with van der Waals surface area (Å²) in [6.07, 6.45) is 11.7. The van der Waals surface area contributed by atoms with Gasteiger partial charge in [-0.25, -0.2) is 8.42 Å². The second kappa shape index (κ2) is 6.97. The Morgan fingerprint density at radius 3 is 2.65 bits per heavy atom. The van der Waals surface area contributed by atoms with Crippen molar-refractivity contribution in [1.29, 1.82) is 0 Å². The number of sulfone groups is 1. The van der Waals surface area contributed by atoms with Gasteiger partial charge in [0.25, 0.3) is 0 Å². The SMILES string of the molecule is CC1(CCOC=C2CCCC2)CCCCCS(=O)(=O)C1. The Morgan fingerprint density at radius 2 is 1.90 bits per heavy atom. The van der Waals surface area contributed by atoms with E-state index in [0.29, 0.717) is 18.1 Å². The molecule has 0 aromatic rings. The second-order valence-corrected chi connectivity index (χ2v) is 9.00. The van der Waals surface area contributed by atoms with Gasteiger partial charge in [-0.3, -0.25) is 0 Å². The van der Waals surface area contributed by atoms with Crippen LogP contribution in [0.3, 0.4) is 0 Å². The molecule has 1 atom stereocenters. The lowest BCUT2D eigenvalue weighted by Crippen LogP contribution is -2.31.